The summed E-state index contributed by atoms with van der Waals surface area (Å²) in [5, 5.41) is 3.44. The van der Waals surface area contributed by atoms with E-state index >= 15 is 0 Å². The van der Waals surface area contributed by atoms with E-state index in [9.17, 15) is 4.79 Å². The minimum atomic E-state index is 0.211. The molecule has 0 bridgehead atoms. The number of rotatable bonds is 7. The molecule has 1 atom stereocenters. The van der Waals surface area contributed by atoms with Crippen molar-refractivity contribution in [2.75, 3.05) is 6.54 Å². The number of nitrogens with one attached hydrogen (secondary N) is 1. The van der Waals surface area contributed by atoms with E-state index in [4.69, 9.17) is 0 Å². The molecule has 0 aromatic heterocycles. The predicted octanol–water partition coefficient (Wildman–Crippen LogP) is 4.10. The fraction of sp³-hybridized carbons (Fsp3) is 0.350. The zero-order valence-electron chi connectivity index (χ0n) is 13.7. The van der Waals surface area contributed by atoms with Crippen molar-refractivity contribution in [2.24, 2.45) is 0 Å². The highest BCUT2D eigenvalue weighted by Crippen LogP contribution is 2.11. The van der Waals surface area contributed by atoms with Crippen LogP contribution in [-0.2, 0) is 6.42 Å². The van der Waals surface area contributed by atoms with Gasteiger partial charge in [-0.25, -0.2) is 0 Å². The molecule has 116 valence electrons. The summed E-state index contributed by atoms with van der Waals surface area (Å²) in [5.74, 6) is 0.211. The van der Waals surface area contributed by atoms with Crippen molar-refractivity contribution in [3.63, 3.8) is 0 Å². The lowest BCUT2D eigenvalue weighted by molar-refractivity contribution is 0.0982. The van der Waals surface area contributed by atoms with Crippen molar-refractivity contribution < 1.29 is 4.79 Å². The maximum Gasteiger partial charge on any atom is 0.164 e. The highest BCUT2D eigenvalue weighted by Gasteiger charge is 2.08. The summed E-state index contributed by atoms with van der Waals surface area (Å²) in [5.41, 5.74) is 4.55. The van der Waals surface area contributed by atoms with Gasteiger partial charge in [-0.3, -0.25) is 4.79 Å². The molecule has 2 aromatic rings. The van der Waals surface area contributed by atoms with Crippen molar-refractivity contribution in [3.8, 4) is 0 Å². The first kappa shape index (κ1) is 16.4. The highest BCUT2D eigenvalue weighted by molar-refractivity contribution is 5.96. The molecule has 1 unspecified atom stereocenters. The lowest BCUT2D eigenvalue weighted by Gasteiger charge is -2.13. The first-order chi connectivity index (χ1) is 10.6. The molecule has 2 heteroatoms. The Balaban J connectivity index is 1.78. The van der Waals surface area contributed by atoms with Crippen LogP contribution in [0.15, 0.2) is 48.5 Å². The Morgan fingerprint density at radius 1 is 1.05 bits per heavy atom. The van der Waals surface area contributed by atoms with Gasteiger partial charge >= 0.3 is 0 Å². The van der Waals surface area contributed by atoms with Gasteiger partial charge < -0.3 is 5.32 Å². The molecular weight excluding hydrogens is 270 g/mol. The summed E-state index contributed by atoms with van der Waals surface area (Å²) in [7, 11) is 0. The van der Waals surface area contributed by atoms with Crippen molar-refractivity contribution >= 4 is 5.78 Å². The second kappa shape index (κ2) is 7.90. The van der Waals surface area contributed by atoms with Crippen molar-refractivity contribution in [2.45, 2.75) is 39.7 Å². The Labute approximate surface area is 133 Å². The molecule has 2 rings (SSSR count). The number of benzene rings is 2. The number of aryl methyl sites for hydroxylation is 2. The van der Waals surface area contributed by atoms with Crippen LogP contribution in [0.4, 0.5) is 0 Å². The molecule has 0 heterocycles. The topological polar surface area (TPSA) is 29.1 Å². The second-order valence-corrected chi connectivity index (χ2v) is 6.02. The third-order valence-electron chi connectivity index (χ3n) is 4.06. The van der Waals surface area contributed by atoms with E-state index in [1.54, 1.807) is 0 Å². The monoisotopic (exact) mass is 295 g/mol. The number of hydrogen-bond acceptors (Lipinski definition) is 2. The number of Topliss-reactive ketones (excluding diaryl/α,β-unsaturated/α-hetero) is 1. The van der Waals surface area contributed by atoms with E-state index in [1.807, 2.05) is 31.2 Å². The molecule has 0 radical (unpaired) electrons. The van der Waals surface area contributed by atoms with Crippen LogP contribution in [0.25, 0.3) is 0 Å². The molecule has 0 aliphatic rings. The van der Waals surface area contributed by atoms with Crippen LogP contribution in [-0.4, -0.2) is 18.4 Å². The van der Waals surface area contributed by atoms with Crippen LogP contribution in [0.5, 0.6) is 0 Å². The van der Waals surface area contributed by atoms with Gasteiger partial charge in [0.05, 0.1) is 0 Å². The van der Waals surface area contributed by atoms with Gasteiger partial charge in [0, 0.05) is 24.6 Å². The van der Waals surface area contributed by atoms with Crippen LogP contribution >= 0.6 is 0 Å². The van der Waals surface area contributed by atoms with E-state index < -0.39 is 0 Å². The quantitative estimate of drug-likeness (QED) is 0.779. The molecule has 0 saturated carbocycles. The Morgan fingerprint density at radius 2 is 1.77 bits per heavy atom. The molecular formula is C20H25NO. The Hall–Kier alpha value is -1.93. The fourth-order valence-electron chi connectivity index (χ4n) is 2.53. The molecule has 2 aromatic carbocycles. The predicted molar refractivity (Wildman–Crippen MR) is 92.5 cm³/mol. The summed E-state index contributed by atoms with van der Waals surface area (Å²) in [6, 6.07) is 16.7. The summed E-state index contributed by atoms with van der Waals surface area (Å²) in [6.45, 7) is 7.00. The molecule has 0 spiro atoms. The molecule has 1 N–H and O–H groups in total. The van der Waals surface area contributed by atoms with Crippen molar-refractivity contribution in [1.29, 1.82) is 0 Å². The largest absolute Gasteiger partial charge is 0.313 e. The summed E-state index contributed by atoms with van der Waals surface area (Å²) < 4.78 is 0. The van der Waals surface area contributed by atoms with E-state index in [1.165, 1.54) is 16.7 Å². The van der Waals surface area contributed by atoms with Crippen molar-refractivity contribution in [1.82, 2.24) is 5.32 Å². The van der Waals surface area contributed by atoms with E-state index in [0.717, 1.165) is 18.5 Å². The van der Waals surface area contributed by atoms with Gasteiger partial charge in [-0.2, -0.15) is 0 Å². The number of carbonyl (C=O) groups excluding carboxylic acids is 1. The average molecular weight is 295 g/mol. The standard InChI is InChI=1S/C20H25NO/c1-15-9-10-19(13-16(15)2)20(22)11-12-21-17(3)14-18-7-5-4-6-8-18/h4-10,13,17,21H,11-12,14H2,1-3H3. The minimum absolute atomic E-state index is 0.211. The SMILES string of the molecule is Cc1ccc(C(=O)CCNC(C)Cc2ccccc2)cc1C. The lowest BCUT2D eigenvalue weighted by atomic mass is 10.0. The van der Waals surface area contributed by atoms with Gasteiger partial charge in [0.25, 0.3) is 0 Å². The van der Waals surface area contributed by atoms with Gasteiger partial charge in [0.2, 0.25) is 0 Å². The smallest absolute Gasteiger partial charge is 0.164 e. The van der Waals surface area contributed by atoms with Crippen LogP contribution in [0.3, 0.4) is 0 Å². The Kier molecular flexibility index (Phi) is 5.91. The van der Waals surface area contributed by atoms with Crippen LogP contribution in [0.2, 0.25) is 0 Å². The van der Waals surface area contributed by atoms with Gasteiger partial charge in [-0.1, -0.05) is 42.5 Å². The number of hydrogen-bond donors (Lipinski definition) is 1. The van der Waals surface area contributed by atoms with Crippen LogP contribution in [0, 0.1) is 13.8 Å². The summed E-state index contributed by atoms with van der Waals surface area (Å²) in [6.07, 6.45) is 1.53. The fourth-order valence-corrected chi connectivity index (χ4v) is 2.53. The van der Waals surface area contributed by atoms with Gasteiger partial charge in [-0.05, 0) is 49.9 Å². The third-order valence-corrected chi connectivity index (χ3v) is 4.06. The molecule has 0 saturated heterocycles. The zero-order valence-corrected chi connectivity index (χ0v) is 13.7. The maximum absolute atomic E-state index is 12.2. The molecule has 0 amide bonds. The first-order valence-corrected chi connectivity index (χ1v) is 7.94. The number of ketones is 1. The number of carbonyl (C=O) groups is 1. The minimum Gasteiger partial charge on any atom is -0.313 e. The van der Waals surface area contributed by atoms with Gasteiger partial charge in [0.1, 0.15) is 0 Å². The molecule has 0 aliphatic carbocycles. The maximum atomic E-state index is 12.2. The lowest BCUT2D eigenvalue weighted by Crippen LogP contribution is -2.30. The normalized spacial score (nSPS) is 12.1. The third kappa shape index (κ3) is 4.81. The average Bonchev–Trinajstić information content (AvgIpc) is 2.51. The van der Waals surface area contributed by atoms with E-state index in [2.05, 4.69) is 43.4 Å². The first-order valence-electron chi connectivity index (χ1n) is 7.94. The second-order valence-electron chi connectivity index (χ2n) is 6.02. The van der Waals surface area contributed by atoms with Gasteiger partial charge in [0.15, 0.2) is 5.78 Å². The van der Waals surface area contributed by atoms with E-state index in [-0.39, 0.29) is 5.78 Å². The Morgan fingerprint density at radius 3 is 2.45 bits per heavy atom. The van der Waals surface area contributed by atoms with Crippen LogP contribution in [0.1, 0.15) is 40.4 Å². The van der Waals surface area contributed by atoms with Crippen LogP contribution < -0.4 is 5.32 Å². The van der Waals surface area contributed by atoms with Crippen molar-refractivity contribution in [3.05, 3.63) is 70.8 Å². The van der Waals surface area contributed by atoms with Gasteiger partial charge in [-0.15, -0.1) is 0 Å². The summed E-state index contributed by atoms with van der Waals surface area (Å²) in [4.78, 5) is 12.2. The van der Waals surface area contributed by atoms with E-state index in [0.29, 0.717) is 12.5 Å². The molecule has 22 heavy (non-hydrogen) atoms. The molecule has 2 nitrogen and oxygen atoms in total. The molecule has 0 fully saturated rings. The Bertz CT molecular complexity index is 619. The summed E-state index contributed by atoms with van der Waals surface area (Å²) >= 11 is 0. The highest BCUT2D eigenvalue weighted by atomic mass is 16.1. The zero-order chi connectivity index (χ0) is 15.9. The molecule has 0 aliphatic heterocycles.